The molecule has 0 aliphatic heterocycles. The average molecular weight is 266 g/mol. The van der Waals surface area contributed by atoms with Crippen LogP contribution >= 0.6 is 0 Å². The van der Waals surface area contributed by atoms with Crippen molar-refractivity contribution in [1.82, 2.24) is 4.90 Å². The molecule has 0 saturated heterocycles. The lowest BCUT2D eigenvalue weighted by molar-refractivity contribution is -0.139. The number of hydrogen-bond donors (Lipinski definition) is 1. The normalized spacial score (nSPS) is 39.9. The summed E-state index contributed by atoms with van der Waals surface area (Å²) < 4.78 is 0. The van der Waals surface area contributed by atoms with E-state index in [0.717, 1.165) is 18.8 Å². The van der Waals surface area contributed by atoms with E-state index in [1.165, 1.54) is 32.1 Å². The van der Waals surface area contributed by atoms with Gasteiger partial charge in [0.15, 0.2) is 0 Å². The van der Waals surface area contributed by atoms with Gasteiger partial charge in [-0.05, 0) is 50.4 Å². The zero-order valence-electron chi connectivity index (χ0n) is 12.8. The molecular weight excluding hydrogens is 236 g/mol. The minimum absolute atomic E-state index is 0.0613. The van der Waals surface area contributed by atoms with E-state index in [2.05, 4.69) is 13.8 Å². The molecule has 0 bridgehead atoms. The van der Waals surface area contributed by atoms with Gasteiger partial charge in [0.25, 0.3) is 0 Å². The summed E-state index contributed by atoms with van der Waals surface area (Å²) in [5.74, 6) is 1.69. The Hall–Kier alpha value is -0.570. The minimum Gasteiger partial charge on any atom is -0.342 e. The van der Waals surface area contributed by atoms with E-state index in [1.807, 2.05) is 11.9 Å². The van der Waals surface area contributed by atoms with E-state index in [9.17, 15) is 4.79 Å². The summed E-state index contributed by atoms with van der Waals surface area (Å²) >= 11 is 0. The van der Waals surface area contributed by atoms with Crippen LogP contribution in [0.5, 0.6) is 0 Å². The summed E-state index contributed by atoms with van der Waals surface area (Å²) in [5, 5.41) is 0. The third kappa shape index (κ3) is 3.31. The molecule has 0 spiro atoms. The fourth-order valence-electron chi connectivity index (χ4n) is 3.80. The number of rotatable bonds is 2. The zero-order chi connectivity index (χ0) is 14.0. The summed E-state index contributed by atoms with van der Waals surface area (Å²) in [5.41, 5.74) is 6.27. The van der Waals surface area contributed by atoms with Gasteiger partial charge in [0, 0.05) is 19.1 Å². The van der Waals surface area contributed by atoms with Gasteiger partial charge < -0.3 is 10.6 Å². The molecule has 2 aliphatic rings. The highest BCUT2D eigenvalue weighted by molar-refractivity contribution is 5.79. The summed E-state index contributed by atoms with van der Waals surface area (Å²) in [4.78, 5) is 14.7. The summed E-state index contributed by atoms with van der Waals surface area (Å²) in [7, 11) is 2.00. The molecule has 2 saturated carbocycles. The molecule has 2 N–H and O–H groups in total. The van der Waals surface area contributed by atoms with Crippen LogP contribution in [0.15, 0.2) is 0 Å². The maximum atomic E-state index is 12.7. The largest absolute Gasteiger partial charge is 0.342 e. The van der Waals surface area contributed by atoms with Crippen molar-refractivity contribution in [3.05, 3.63) is 0 Å². The minimum atomic E-state index is 0.0613. The predicted octanol–water partition coefficient (Wildman–Crippen LogP) is 2.79. The zero-order valence-corrected chi connectivity index (χ0v) is 12.8. The van der Waals surface area contributed by atoms with Gasteiger partial charge in [0.2, 0.25) is 5.91 Å². The molecular formula is C16H30N2O. The van der Waals surface area contributed by atoms with Gasteiger partial charge in [-0.1, -0.05) is 20.3 Å². The van der Waals surface area contributed by atoms with Crippen molar-refractivity contribution in [1.29, 1.82) is 0 Å². The van der Waals surface area contributed by atoms with Crippen LogP contribution in [0.2, 0.25) is 0 Å². The Morgan fingerprint density at radius 3 is 2.32 bits per heavy atom. The Morgan fingerprint density at radius 2 is 1.68 bits per heavy atom. The third-order valence-corrected chi connectivity index (χ3v) is 5.49. The molecule has 3 unspecified atom stereocenters. The smallest absolute Gasteiger partial charge is 0.227 e. The van der Waals surface area contributed by atoms with E-state index < -0.39 is 0 Å². The monoisotopic (exact) mass is 266 g/mol. The standard InChI is InChI=1S/C16H30N2O/c1-11-7-9-13(10-8-11)18(3)16(19)14-6-4-5-12(2)15(14)17/h11-15H,4-10,17H2,1-3H3. The number of amides is 1. The Labute approximate surface area is 117 Å². The van der Waals surface area contributed by atoms with Crippen LogP contribution in [0.25, 0.3) is 0 Å². The quantitative estimate of drug-likeness (QED) is 0.835. The van der Waals surface area contributed by atoms with Crippen molar-refractivity contribution >= 4 is 5.91 Å². The molecule has 0 heterocycles. The maximum absolute atomic E-state index is 12.7. The molecule has 1 amide bonds. The Balaban J connectivity index is 1.94. The topological polar surface area (TPSA) is 46.3 Å². The van der Waals surface area contributed by atoms with Crippen LogP contribution in [0.3, 0.4) is 0 Å². The third-order valence-electron chi connectivity index (χ3n) is 5.49. The predicted molar refractivity (Wildman–Crippen MR) is 78.7 cm³/mol. The highest BCUT2D eigenvalue weighted by atomic mass is 16.2. The number of carbonyl (C=O) groups excluding carboxylic acids is 1. The number of carbonyl (C=O) groups is 1. The number of hydrogen-bond acceptors (Lipinski definition) is 2. The molecule has 2 fully saturated rings. The van der Waals surface area contributed by atoms with E-state index >= 15 is 0 Å². The van der Waals surface area contributed by atoms with Gasteiger partial charge in [-0.3, -0.25) is 4.79 Å². The first-order valence-corrected chi connectivity index (χ1v) is 8.03. The van der Waals surface area contributed by atoms with E-state index in [1.54, 1.807) is 0 Å². The Kier molecular flexibility index (Phi) is 4.88. The molecule has 2 aliphatic carbocycles. The summed E-state index contributed by atoms with van der Waals surface area (Å²) in [6.07, 6.45) is 8.17. The second-order valence-electron chi connectivity index (χ2n) is 6.95. The molecule has 19 heavy (non-hydrogen) atoms. The van der Waals surface area contributed by atoms with Crippen LogP contribution in [0.4, 0.5) is 0 Å². The average Bonchev–Trinajstić information content (AvgIpc) is 2.41. The van der Waals surface area contributed by atoms with Gasteiger partial charge in [-0.25, -0.2) is 0 Å². The van der Waals surface area contributed by atoms with Gasteiger partial charge in [-0.2, -0.15) is 0 Å². The van der Waals surface area contributed by atoms with Gasteiger partial charge in [0.1, 0.15) is 0 Å². The van der Waals surface area contributed by atoms with Crippen molar-refractivity contribution < 1.29 is 4.79 Å². The summed E-state index contributed by atoms with van der Waals surface area (Å²) in [6, 6.07) is 0.513. The molecule has 3 heteroatoms. The molecule has 0 aromatic heterocycles. The SMILES string of the molecule is CC1CCC(N(C)C(=O)C2CCCC(C)C2N)CC1. The molecule has 110 valence electrons. The van der Waals surface area contributed by atoms with Gasteiger partial charge in [-0.15, -0.1) is 0 Å². The van der Waals surface area contributed by atoms with E-state index in [0.29, 0.717) is 17.9 Å². The molecule has 2 rings (SSSR count). The van der Waals surface area contributed by atoms with Crippen LogP contribution in [0, 0.1) is 17.8 Å². The van der Waals surface area contributed by atoms with Gasteiger partial charge in [0.05, 0.1) is 5.92 Å². The second kappa shape index (κ2) is 6.25. The van der Waals surface area contributed by atoms with Crippen molar-refractivity contribution in [2.24, 2.45) is 23.5 Å². The fraction of sp³-hybridized carbons (Fsp3) is 0.938. The first kappa shape index (κ1) is 14.8. The van der Waals surface area contributed by atoms with Crippen molar-refractivity contribution in [3.63, 3.8) is 0 Å². The van der Waals surface area contributed by atoms with E-state index in [4.69, 9.17) is 5.73 Å². The Bertz CT molecular complexity index is 310. The number of nitrogens with zero attached hydrogens (tertiary/aromatic N) is 1. The lowest BCUT2D eigenvalue weighted by atomic mass is 9.77. The van der Waals surface area contributed by atoms with Crippen LogP contribution in [-0.4, -0.2) is 29.9 Å². The van der Waals surface area contributed by atoms with Crippen LogP contribution in [-0.2, 0) is 4.79 Å². The molecule has 0 aromatic rings. The van der Waals surface area contributed by atoms with Gasteiger partial charge >= 0.3 is 0 Å². The van der Waals surface area contributed by atoms with E-state index in [-0.39, 0.29) is 12.0 Å². The first-order valence-electron chi connectivity index (χ1n) is 8.03. The maximum Gasteiger partial charge on any atom is 0.227 e. The molecule has 3 atom stereocenters. The van der Waals surface area contributed by atoms with Crippen molar-refractivity contribution in [3.8, 4) is 0 Å². The molecule has 0 aromatic carbocycles. The second-order valence-corrected chi connectivity index (χ2v) is 6.95. The molecule has 0 radical (unpaired) electrons. The lowest BCUT2D eigenvalue weighted by Crippen LogP contribution is -2.50. The Morgan fingerprint density at radius 1 is 1.05 bits per heavy atom. The number of nitrogens with two attached hydrogens (primary N) is 1. The highest BCUT2D eigenvalue weighted by Crippen LogP contribution is 2.32. The van der Waals surface area contributed by atoms with Crippen LogP contribution < -0.4 is 5.73 Å². The van der Waals surface area contributed by atoms with Crippen molar-refractivity contribution in [2.75, 3.05) is 7.05 Å². The van der Waals surface area contributed by atoms with Crippen molar-refractivity contribution in [2.45, 2.75) is 70.9 Å². The fourth-order valence-corrected chi connectivity index (χ4v) is 3.80. The molecule has 3 nitrogen and oxygen atoms in total. The lowest BCUT2D eigenvalue weighted by Gasteiger charge is -2.39. The first-order chi connectivity index (χ1) is 9.00. The highest BCUT2D eigenvalue weighted by Gasteiger charge is 2.36. The van der Waals surface area contributed by atoms with Crippen LogP contribution in [0.1, 0.15) is 58.8 Å². The summed E-state index contributed by atoms with van der Waals surface area (Å²) in [6.45, 7) is 4.50.